The van der Waals surface area contributed by atoms with Crippen molar-refractivity contribution in [2.45, 2.75) is 115 Å². The number of aliphatic carboxylic acids is 1. The Labute approximate surface area is 241 Å². The van der Waals surface area contributed by atoms with Crippen LogP contribution in [-0.4, -0.2) is 56.9 Å². The second-order valence-electron chi connectivity index (χ2n) is 10.4. The number of anilines is 1. The Morgan fingerprint density at radius 1 is 1.18 bits per heavy atom. The number of fused-ring (bicyclic) bond motifs is 1. The summed E-state index contributed by atoms with van der Waals surface area (Å²) in [6, 6.07) is -0.988. The number of unbranched alkanes of at least 4 members (excludes halogenated alkanes) is 11. The monoisotopic (exact) mass is 579 g/mol. The molecule has 1 aromatic heterocycles. The summed E-state index contributed by atoms with van der Waals surface area (Å²) < 4.78 is 0. The second kappa shape index (κ2) is 16.2. The van der Waals surface area contributed by atoms with E-state index in [4.69, 9.17) is 10.6 Å². The van der Waals surface area contributed by atoms with E-state index in [1.54, 1.807) is 18.7 Å². The summed E-state index contributed by atoms with van der Waals surface area (Å²) in [5, 5.41) is 19.5. The van der Waals surface area contributed by atoms with Gasteiger partial charge in [-0.05, 0) is 25.3 Å². The average Bonchev–Trinajstić information content (AvgIpc) is 3.34. The molecule has 0 bridgehead atoms. The number of thiazole rings is 1. The van der Waals surface area contributed by atoms with E-state index >= 15 is 0 Å². The quantitative estimate of drug-likeness (QED) is 0.0777. The summed E-state index contributed by atoms with van der Waals surface area (Å²) in [6.07, 6.45) is 15.9. The number of hydrogen-bond donors (Lipinski definition) is 3. The minimum absolute atomic E-state index is 0.0959. The minimum Gasteiger partial charge on any atom is -0.477 e. The van der Waals surface area contributed by atoms with Crippen molar-refractivity contribution in [1.29, 1.82) is 0 Å². The maximum absolute atomic E-state index is 13.1. The Morgan fingerprint density at radius 3 is 2.33 bits per heavy atom. The molecular formula is C28H45N5O4S2. The highest BCUT2D eigenvalue weighted by Crippen LogP contribution is 2.41. The van der Waals surface area contributed by atoms with Gasteiger partial charge in [-0.1, -0.05) is 82.7 Å². The number of hydrogen-bond acceptors (Lipinski definition) is 9. The summed E-state index contributed by atoms with van der Waals surface area (Å²) in [5.41, 5.74) is 8.21. The zero-order valence-corrected chi connectivity index (χ0v) is 25.2. The number of carboxylic acids is 1. The fourth-order valence-corrected chi connectivity index (χ4v) is 7.16. The van der Waals surface area contributed by atoms with Gasteiger partial charge in [-0.15, -0.1) is 23.1 Å². The van der Waals surface area contributed by atoms with E-state index < -0.39 is 18.1 Å². The lowest BCUT2D eigenvalue weighted by Crippen LogP contribution is -2.70. The molecule has 39 heavy (non-hydrogen) atoms. The molecule has 1 aromatic rings. The van der Waals surface area contributed by atoms with Gasteiger partial charge in [0.1, 0.15) is 24.2 Å². The molecule has 11 heteroatoms. The number of carbonyl (C=O) groups excluding carboxylic acids is 1. The predicted molar refractivity (Wildman–Crippen MR) is 160 cm³/mol. The average molecular weight is 580 g/mol. The van der Waals surface area contributed by atoms with E-state index in [9.17, 15) is 14.7 Å². The SMILES string of the molecule is CCCCCCCCCCCCCC/C(=N/OC)C(NC1C(=O)N2C(C(=O)O)=C(C)CS[C@H]12)c1csc(N)n1. The van der Waals surface area contributed by atoms with E-state index in [0.29, 0.717) is 28.6 Å². The molecule has 3 rings (SSSR count). The van der Waals surface area contributed by atoms with Crippen molar-refractivity contribution in [1.82, 2.24) is 15.2 Å². The fourth-order valence-electron chi connectivity index (χ4n) is 5.27. The number of nitrogens with zero attached hydrogens (tertiary/aromatic N) is 3. The zero-order chi connectivity index (χ0) is 28.2. The molecule has 0 radical (unpaired) electrons. The van der Waals surface area contributed by atoms with Crippen LogP contribution in [0.3, 0.4) is 0 Å². The van der Waals surface area contributed by atoms with Crippen LogP contribution in [0.4, 0.5) is 5.13 Å². The molecule has 0 spiro atoms. The Morgan fingerprint density at radius 2 is 1.79 bits per heavy atom. The molecule has 2 unspecified atom stereocenters. The number of nitrogen functional groups attached to an aromatic ring is 1. The van der Waals surface area contributed by atoms with Crippen LogP contribution in [0, 0.1) is 0 Å². The fraction of sp³-hybridized carbons (Fsp3) is 0.714. The molecule has 3 heterocycles. The van der Waals surface area contributed by atoms with Gasteiger partial charge in [0.25, 0.3) is 0 Å². The summed E-state index contributed by atoms with van der Waals surface area (Å²) >= 11 is 2.91. The summed E-state index contributed by atoms with van der Waals surface area (Å²) in [5.74, 6) is -0.748. The van der Waals surface area contributed by atoms with Crippen molar-refractivity contribution >= 4 is 45.8 Å². The van der Waals surface area contributed by atoms with Crippen molar-refractivity contribution < 1.29 is 19.5 Å². The molecule has 1 amide bonds. The van der Waals surface area contributed by atoms with E-state index in [2.05, 4.69) is 22.4 Å². The van der Waals surface area contributed by atoms with E-state index in [-0.39, 0.29) is 17.0 Å². The van der Waals surface area contributed by atoms with Gasteiger partial charge in [0, 0.05) is 11.1 Å². The summed E-state index contributed by atoms with van der Waals surface area (Å²) in [4.78, 5) is 36.0. The Hall–Kier alpha value is -2.11. The standard InChI is InChI=1S/C28H45N5O4S2/c1-4-5-6-7-8-9-10-11-12-13-14-15-16-20(32-37-3)22(21-18-39-28(29)30-21)31-23-25(34)33-24(27(35)36)19(2)17-38-26(23)33/h18,22-23,26,31H,4-17H2,1-3H3,(H2,29,30)(H,35,36)/b32-20-/t22?,23?,26-/m1/s1. The molecule has 0 saturated carbocycles. The number of amides is 1. The van der Waals surface area contributed by atoms with E-state index in [1.807, 2.05) is 5.38 Å². The Balaban J connectivity index is 1.53. The zero-order valence-electron chi connectivity index (χ0n) is 23.6. The van der Waals surface area contributed by atoms with Crippen molar-refractivity contribution in [3.05, 3.63) is 22.3 Å². The molecule has 2 aliphatic rings. The number of nitrogens with two attached hydrogens (primary N) is 1. The van der Waals surface area contributed by atoms with E-state index in [0.717, 1.165) is 18.6 Å². The molecule has 2 aliphatic heterocycles. The lowest BCUT2D eigenvalue weighted by atomic mass is 9.97. The molecule has 218 valence electrons. The number of carboxylic acid groups (broad SMARTS) is 1. The third-order valence-corrected chi connectivity index (χ3v) is 9.49. The Bertz CT molecular complexity index is 1010. The molecule has 0 aromatic carbocycles. The number of aromatic nitrogens is 1. The number of carbonyl (C=O) groups is 2. The van der Waals surface area contributed by atoms with Gasteiger partial charge < -0.3 is 15.7 Å². The molecule has 1 saturated heterocycles. The number of thioether (sulfide) groups is 1. The minimum atomic E-state index is -1.07. The molecule has 1 fully saturated rings. The molecule has 9 nitrogen and oxygen atoms in total. The highest BCUT2D eigenvalue weighted by Gasteiger charge is 2.54. The van der Waals surface area contributed by atoms with Crippen LogP contribution in [-0.2, 0) is 14.4 Å². The smallest absolute Gasteiger partial charge is 0.352 e. The van der Waals surface area contributed by atoms with Gasteiger partial charge >= 0.3 is 5.97 Å². The third-order valence-electron chi connectivity index (χ3n) is 7.37. The molecule has 3 atom stereocenters. The number of oxime groups is 1. The lowest BCUT2D eigenvalue weighted by Gasteiger charge is -2.50. The predicted octanol–water partition coefficient (Wildman–Crippen LogP) is 6.09. The number of rotatable bonds is 19. The first-order valence-corrected chi connectivity index (χ1v) is 16.3. The Kier molecular flexibility index (Phi) is 13.1. The van der Waals surface area contributed by atoms with Crippen molar-refractivity contribution in [3.8, 4) is 0 Å². The maximum Gasteiger partial charge on any atom is 0.352 e. The van der Waals surface area contributed by atoms with Crippen LogP contribution >= 0.6 is 23.1 Å². The van der Waals surface area contributed by atoms with Crippen LogP contribution in [0.15, 0.2) is 21.8 Å². The largest absolute Gasteiger partial charge is 0.477 e. The first-order valence-electron chi connectivity index (χ1n) is 14.3. The highest BCUT2D eigenvalue weighted by atomic mass is 32.2. The van der Waals surface area contributed by atoms with E-state index in [1.165, 1.54) is 87.6 Å². The topological polar surface area (TPSA) is 130 Å². The number of β-lactam (4-membered cyclic amide) rings is 1. The van der Waals surface area contributed by atoms with Crippen molar-refractivity contribution in [2.75, 3.05) is 18.6 Å². The first kappa shape index (κ1) is 31.4. The van der Waals surface area contributed by atoms with Crippen molar-refractivity contribution in [2.24, 2.45) is 5.16 Å². The van der Waals surface area contributed by atoms with Gasteiger partial charge in [-0.25, -0.2) is 9.78 Å². The highest BCUT2D eigenvalue weighted by molar-refractivity contribution is 8.00. The molecule has 0 aliphatic carbocycles. The van der Waals surface area contributed by atoms with Crippen molar-refractivity contribution in [3.63, 3.8) is 0 Å². The van der Waals surface area contributed by atoms with Gasteiger partial charge in [0.2, 0.25) is 5.91 Å². The van der Waals surface area contributed by atoms with Crippen LogP contribution in [0.1, 0.15) is 109 Å². The van der Waals surface area contributed by atoms with Crippen LogP contribution in [0.2, 0.25) is 0 Å². The summed E-state index contributed by atoms with van der Waals surface area (Å²) in [7, 11) is 1.52. The van der Waals surface area contributed by atoms with Gasteiger partial charge in [0.05, 0.1) is 17.4 Å². The summed E-state index contributed by atoms with van der Waals surface area (Å²) in [6.45, 7) is 4.02. The van der Waals surface area contributed by atoms with Crippen LogP contribution in [0.5, 0.6) is 0 Å². The number of nitrogens with one attached hydrogen (secondary N) is 1. The molecule has 4 N–H and O–H groups in total. The third kappa shape index (κ3) is 8.69. The molecular weight excluding hydrogens is 534 g/mol. The normalized spacial score (nSPS) is 20.1. The maximum atomic E-state index is 13.1. The first-order chi connectivity index (χ1) is 18.9. The van der Waals surface area contributed by atoms with Gasteiger partial charge in [-0.3, -0.25) is 15.0 Å². The van der Waals surface area contributed by atoms with Gasteiger partial charge in [0.15, 0.2) is 5.13 Å². The van der Waals surface area contributed by atoms with Gasteiger partial charge in [-0.2, -0.15) is 0 Å². The lowest BCUT2D eigenvalue weighted by molar-refractivity contribution is -0.149. The van der Waals surface area contributed by atoms with Crippen LogP contribution < -0.4 is 11.1 Å². The van der Waals surface area contributed by atoms with Crippen LogP contribution in [0.25, 0.3) is 0 Å². The second-order valence-corrected chi connectivity index (χ2v) is 12.4.